The second-order valence-corrected chi connectivity index (χ2v) is 12.7. The molecule has 0 bridgehead atoms. The third-order valence-corrected chi connectivity index (χ3v) is 9.11. The molecule has 8 nitrogen and oxygen atoms in total. The predicted molar refractivity (Wildman–Crippen MR) is 159 cm³/mol. The fraction of sp³-hybridized carbons (Fsp3) is 0.625. The number of carbonyl (C=O) groups excluding carboxylic acids is 1. The summed E-state index contributed by atoms with van der Waals surface area (Å²) in [6, 6.07) is 9.84. The number of likely N-dealkylation sites (tertiary alicyclic amines) is 2. The molecule has 2 atom stereocenters. The Labute approximate surface area is 239 Å². The summed E-state index contributed by atoms with van der Waals surface area (Å²) in [5.41, 5.74) is 5.22. The maximum atomic E-state index is 13.5. The minimum atomic E-state index is 0.0442. The van der Waals surface area contributed by atoms with Crippen LogP contribution in [-0.4, -0.2) is 95.4 Å². The zero-order valence-corrected chi connectivity index (χ0v) is 25.0. The Morgan fingerprint density at radius 2 is 1.77 bits per heavy atom. The molecule has 0 aliphatic carbocycles. The van der Waals surface area contributed by atoms with Crippen molar-refractivity contribution in [3.05, 3.63) is 58.7 Å². The van der Waals surface area contributed by atoms with Crippen molar-refractivity contribution in [1.29, 1.82) is 0 Å². The molecule has 8 heteroatoms. The highest BCUT2D eigenvalue weighted by molar-refractivity contribution is 5.93. The molecule has 216 valence electrons. The van der Waals surface area contributed by atoms with Crippen LogP contribution in [0.2, 0.25) is 0 Å². The normalized spacial score (nSPS) is 22.1. The van der Waals surface area contributed by atoms with Gasteiger partial charge < -0.3 is 9.64 Å². The van der Waals surface area contributed by atoms with Crippen molar-refractivity contribution in [1.82, 2.24) is 24.8 Å². The number of piperidine rings is 2. The number of methoxy groups -OCH3 is 1. The van der Waals surface area contributed by atoms with Gasteiger partial charge in [0.25, 0.3) is 5.91 Å². The van der Waals surface area contributed by atoms with E-state index in [-0.39, 0.29) is 11.3 Å². The van der Waals surface area contributed by atoms with E-state index >= 15 is 0 Å². The standard InChI is InChI=1S/C32H46N6O2/c1-23-28(11-8-24-6-9-26(10-7-24)32(2,3)4)33-22-34-30(23)31(39)36-16-13-27(14-17-36)37-15-12-25-20-35-38(18-19-40-5)29(25)21-37/h6-7,9-10,20,22,25,27,29H,8,11-19,21H2,1-5H3. The van der Waals surface area contributed by atoms with Crippen molar-refractivity contribution in [2.45, 2.75) is 77.3 Å². The summed E-state index contributed by atoms with van der Waals surface area (Å²) in [6.45, 7) is 14.0. The van der Waals surface area contributed by atoms with Gasteiger partial charge in [-0.3, -0.25) is 14.7 Å². The number of nitrogens with zero attached hydrogens (tertiary/aromatic N) is 6. The Hall–Kier alpha value is -2.84. The molecular weight excluding hydrogens is 500 g/mol. The lowest BCUT2D eigenvalue weighted by atomic mass is 9.86. The first-order valence-corrected chi connectivity index (χ1v) is 15.0. The molecule has 4 heterocycles. The molecule has 2 fully saturated rings. The van der Waals surface area contributed by atoms with Crippen molar-refractivity contribution in [2.24, 2.45) is 11.0 Å². The molecule has 2 aromatic rings. The van der Waals surface area contributed by atoms with E-state index in [0.29, 0.717) is 30.3 Å². The Bertz CT molecular complexity index is 1180. The molecule has 0 spiro atoms. The Balaban J connectivity index is 1.15. The van der Waals surface area contributed by atoms with Gasteiger partial charge in [-0.1, -0.05) is 45.0 Å². The number of rotatable bonds is 8. The number of hydrogen-bond acceptors (Lipinski definition) is 7. The van der Waals surface area contributed by atoms with Crippen LogP contribution in [0.25, 0.3) is 0 Å². The summed E-state index contributed by atoms with van der Waals surface area (Å²) in [4.78, 5) is 27.2. The quantitative estimate of drug-likeness (QED) is 0.496. The lowest BCUT2D eigenvalue weighted by molar-refractivity contribution is 0.0308. The topological polar surface area (TPSA) is 74.2 Å². The van der Waals surface area contributed by atoms with Crippen LogP contribution in [0.3, 0.4) is 0 Å². The molecule has 1 aromatic heterocycles. The van der Waals surface area contributed by atoms with Crippen LogP contribution in [0.4, 0.5) is 0 Å². The van der Waals surface area contributed by atoms with Crippen molar-refractivity contribution in [3.8, 4) is 0 Å². The first-order valence-electron chi connectivity index (χ1n) is 15.0. The average molecular weight is 547 g/mol. The molecule has 3 aliphatic rings. The number of aryl methyl sites for hydroxylation is 2. The van der Waals surface area contributed by atoms with E-state index in [2.05, 4.69) is 76.2 Å². The van der Waals surface area contributed by atoms with E-state index < -0.39 is 0 Å². The van der Waals surface area contributed by atoms with Gasteiger partial charge >= 0.3 is 0 Å². The summed E-state index contributed by atoms with van der Waals surface area (Å²) in [7, 11) is 1.75. The summed E-state index contributed by atoms with van der Waals surface area (Å²) in [5.74, 6) is 0.593. The maximum absolute atomic E-state index is 13.5. The lowest BCUT2D eigenvalue weighted by Crippen LogP contribution is -2.55. The third kappa shape index (κ3) is 6.39. The fourth-order valence-electron chi connectivity index (χ4n) is 6.43. The average Bonchev–Trinajstić information content (AvgIpc) is 3.37. The van der Waals surface area contributed by atoms with Crippen molar-refractivity contribution < 1.29 is 9.53 Å². The molecule has 0 radical (unpaired) electrons. The molecule has 2 saturated heterocycles. The minimum absolute atomic E-state index is 0.0442. The minimum Gasteiger partial charge on any atom is -0.383 e. The van der Waals surface area contributed by atoms with Gasteiger partial charge in [0.2, 0.25) is 0 Å². The Kier molecular flexibility index (Phi) is 8.86. The molecule has 5 rings (SSSR count). The van der Waals surface area contributed by atoms with Crippen molar-refractivity contribution in [2.75, 3.05) is 46.4 Å². The second-order valence-electron chi connectivity index (χ2n) is 12.7. The first-order chi connectivity index (χ1) is 19.2. The Morgan fingerprint density at radius 1 is 1.02 bits per heavy atom. The van der Waals surface area contributed by atoms with E-state index in [9.17, 15) is 4.79 Å². The molecule has 3 aliphatic heterocycles. The highest BCUT2D eigenvalue weighted by atomic mass is 16.5. The third-order valence-electron chi connectivity index (χ3n) is 9.11. The summed E-state index contributed by atoms with van der Waals surface area (Å²) >= 11 is 0. The second kappa shape index (κ2) is 12.4. The molecule has 0 saturated carbocycles. The fourth-order valence-corrected chi connectivity index (χ4v) is 6.43. The van der Waals surface area contributed by atoms with Gasteiger partial charge in [0.1, 0.15) is 12.0 Å². The molecule has 2 unspecified atom stereocenters. The zero-order valence-electron chi connectivity index (χ0n) is 25.0. The predicted octanol–water partition coefficient (Wildman–Crippen LogP) is 4.11. The largest absolute Gasteiger partial charge is 0.383 e. The summed E-state index contributed by atoms with van der Waals surface area (Å²) in [6.07, 6.45) is 8.56. The number of fused-ring (bicyclic) bond motifs is 1. The molecule has 1 aromatic carbocycles. The van der Waals surface area contributed by atoms with Crippen molar-refractivity contribution in [3.63, 3.8) is 0 Å². The van der Waals surface area contributed by atoms with Gasteiger partial charge in [-0.2, -0.15) is 5.10 Å². The molecular formula is C32H46N6O2. The van der Waals surface area contributed by atoms with Crippen LogP contribution in [-0.2, 0) is 23.0 Å². The monoisotopic (exact) mass is 546 g/mol. The van der Waals surface area contributed by atoms with E-state index in [1.54, 1.807) is 13.4 Å². The first kappa shape index (κ1) is 28.7. The number of benzene rings is 1. The van der Waals surface area contributed by atoms with Gasteiger partial charge in [-0.25, -0.2) is 9.97 Å². The highest BCUT2D eigenvalue weighted by Gasteiger charge is 2.39. The van der Waals surface area contributed by atoms with Crippen LogP contribution >= 0.6 is 0 Å². The Morgan fingerprint density at radius 3 is 2.48 bits per heavy atom. The number of carbonyl (C=O) groups is 1. The SMILES string of the molecule is COCCN1N=CC2CCN(C3CCN(C(=O)c4ncnc(CCc5ccc(C(C)(C)C)cc5)c4C)CC3)CC21. The van der Waals surface area contributed by atoms with Crippen molar-refractivity contribution >= 4 is 12.1 Å². The van der Waals surface area contributed by atoms with Crippen LogP contribution in [0.1, 0.15) is 72.9 Å². The van der Waals surface area contributed by atoms with E-state index in [1.165, 1.54) is 11.1 Å². The molecule has 1 amide bonds. The van der Waals surface area contributed by atoms with Crippen LogP contribution in [0.5, 0.6) is 0 Å². The number of ether oxygens (including phenoxy) is 1. The maximum Gasteiger partial charge on any atom is 0.272 e. The summed E-state index contributed by atoms with van der Waals surface area (Å²) in [5, 5.41) is 6.88. The van der Waals surface area contributed by atoms with Crippen LogP contribution < -0.4 is 0 Å². The molecule has 0 N–H and O–H groups in total. The molecule has 40 heavy (non-hydrogen) atoms. The number of aromatic nitrogens is 2. The smallest absolute Gasteiger partial charge is 0.272 e. The number of hydrogen-bond donors (Lipinski definition) is 0. The van der Waals surface area contributed by atoms with E-state index in [4.69, 9.17) is 4.74 Å². The van der Waals surface area contributed by atoms with E-state index in [1.807, 2.05) is 11.8 Å². The van der Waals surface area contributed by atoms with E-state index in [0.717, 1.165) is 76.1 Å². The van der Waals surface area contributed by atoms with Crippen LogP contribution in [0.15, 0.2) is 35.7 Å². The van der Waals surface area contributed by atoms with Gasteiger partial charge in [0.15, 0.2) is 0 Å². The summed E-state index contributed by atoms with van der Waals surface area (Å²) < 4.78 is 5.29. The van der Waals surface area contributed by atoms with Gasteiger partial charge in [0, 0.05) is 56.2 Å². The highest BCUT2D eigenvalue weighted by Crippen LogP contribution is 2.30. The van der Waals surface area contributed by atoms with Gasteiger partial charge in [-0.15, -0.1) is 0 Å². The van der Waals surface area contributed by atoms with Crippen LogP contribution in [0, 0.1) is 12.8 Å². The zero-order chi connectivity index (χ0) is 28.3. The lowest BCUT2D eigenvalue weighted by Gasteiger charge is -2.44. The van der Waals surface area contributed by atoms with Gasteiger partial charge in [-0.05, 0) is 62.1 Å². The number of hydrazone groups is 1. The van der Waals surface area contributed by atoms with Gasteiger partial charge in [0.05, 0.1) is 19.2 Å². The number of amides is 1.